The first kappa shape index (κ1) is 14.4. The molecule has 0 aromatic carbocycles. The summed E-state index contributed by atoms with van der Waals surface area (Å²) in [4.78, 5) is 13.1. The van der Waals surface area contributed by atoms with Crippen molar-refractivity contribution >= 4 is 6.09 Å². The average molecular weight is 294 g/mol. The first-order chi connectivity index (χ1) is 9.25. The van der Waals surface area contributed by atoms with E-state index in [9.17, 15) is 22.4 Å². The highest BCUT2D eigenvalue weighted by Crippen LogP contribution is 2.31. The fraction of sp³-hybridized carbons (Fsp3) is 0.455. The lowest BCUT2D eigenvalue weighted by Gasteiger charge is -2.34. The van der Waals surface area contributed by atoms with Crippen LogP contribution in [0.2, 0.25) is 0 Å². The summed E-state index contributed by atoms with van der Waals surface area (Å²) in [5, 5.41) is 10.7. The number of halogens is 4. The van der Waals surface area contributed by atoms with Gasteiger partial charge in [0.2, 0.25) is 0 Å². The van der Waals surface area contributed by atoms with Gasteiger partial charge in [-0.25, -0.2) is 9.78 Å². The van der Waals surface area contributed by atoms with Crippen molar-refractivity contribution in [2.45, 2.75) is 31.2 Å². The van der Waals surface area contributed by atoms with Gasteiger partial charge in [-0.1, -0.05) is 0 Å². The molecule has 1 saturated carbocycles. The minimum Gasteiger partial charge on any atom is -0.485 e. The Morgan fingerprint density at radius 2 is 2.05 bits per heavy atom. The van der Waals surface area contributed by atoms with E-state index in [4.69, 9.17) is 9.84 Å². The SMILES string of the molecule is O=C(O)N[C@H]1C[C@H](Oc2ccc(C(F)(F)F)nc2F)C1. The molecule has 0 atom stereocenters. The fourth-order valence-corrected chi connectivity index (χ4v) is 1.80. The number of pyridine rings is 1. The van der Waals surface area contributed by atoms with E-state index in [1.54, 1.807) is 0 Å². The molecule has 1 fully saturated rings. The number of rotatable bonds is 3. The van der Waals surface area contributed by atoms with Crippen molar-refractivity contribution in [3.05, 3.63) is 23.8 Å². The number of alkyl halides is 3. The number of ether oxygens (including phenoxy) is 1. The Morgan fingerprint density at radius 1 is 1.40 bits per heavy atom. The lowest BCUT2D eigenvalue weighted by Crippen LogP contribution is -2.48. The predicted octanol–water partition coefficient (Wildman–Crippen LogP) is 2.42. The van der Waals surface area contributed by atoms with Gasteiger partial charge in [-0.3, -0.25) is 0 Å². The Hall–Kier alpha value is -2.06. The van der Waals surface area contributed by atoms with Crippen LogP contribution in [-0.2, 0) is 6.18 Å². The van der Waals surface area contributed by atoms with Gasteiger partial charge < -0.3 is 15.2 Å². The number of hydrogen-bond acceptors (Lipinski definition) is 3. The number of nitrogens with one attached hydrogen (secondary N) is 1. The smallest absolute Gasteiger partial charge is 0.433 e. The van der Waals surface area contributed by atoms with Crippen molar-refractivity contribution in [1.82, 2.24) is 10.3 Å². The van der Waals surface area contributed by atoms with Crippen LogP contribution in [0.25, 0.3) is 0 Å². The first-order valence-corrected chi connectivity index (χ1v) is 5.65. The van der Waals surface area contributed by atoms with Gasteiger partial charge >= 0.3 is 12.3 Å². The van der Waals surface area contributed by atoms with Crippen LogP contribution in [0.5, 0.6) is 5.75 Å². The summed E-state index contributed by atoms with van der Waals surface area (Å²) in [6, 6.07) is 1.20. The molecule has 0 spiro atoms. The molecule has 1 heterocycles. The van der Waals surface area contributed by atoms with Crippen LogP contribution in [0, 0.1) is 5.95 Å². The highest BCUT2D eigenvalue weighted by atomic mass is 19.4. The molecule has 1 aliphatic carbocycles. The number of nitrogens with zero attached hydrogens (tertiary/aromatic N) is 1. The molecule has 0 aliphatic heterocycles. The van der Waals surface area contributed by atoms with Gasteiger partial charge in [0.1, 0.15) is 11.8 Å². The van der Waals surface area contributed by atoms with Crippen LogP contribution in [0.3, 0.4) is 0 Å². The van der Waals surface area contributed by atoms with Crippen LogP contribution in [0.1, 0.15) is 18.5 Å². The second-order valence-electron chi connectivity index (χ2n) is 4.34. The zero-order valence-electron chi connectivity index (χ0n) is 9.95. The third kappa shape index (κ3) is 3.28. The number of hydrogen-bond donors (Lipinski definition) is 2. The van der Waals surface area contributed by atoms with Gasteiger partial charge in [0.05, 0.1) is 0 Å². The van der Waals surface area contributed by atoms with Crippen molar-refractivity contribution in [3.8, 4) is 5.75 Å². The highest BCUT2D eigenvalue weighted by molar-refractivity contribution is 5.65. The monoisotopic (exact) mass is 294 g/mol. The van der Waals surface area contributed by atoms with Gasteiger partial charge in [-0.05, 0) is 12.1 Å². The molecule has 2 rings (SSSR count). The zero-order valence-corrected chi connectivity index (χ0v) is 9.95. The van der Waals surface area contributed by atoms with Gasteiger partial charge in [0, 0.05) is 18.9 Å². The Bertz CT molecular complexity index is 515. The molecule has 9 heteroatoms. The lowest BCUT2D eigenvalue weighted by molar-refractivity contribution is -0.141. The fourth-order valence-electron chi connectivity index (χ4n) is 1.80. The minimum atomic E-state index is -4.72. The van der Waals surface area contributed by atoms with Gasteiger partial charge in [0.15, 0.2) is 5.75 Å². The predicted molar refractivity (Wildman–Crippen MR) is 57.8 cm³/mol. The molecule has 20 heavy (non-hydrogen) atoms. The van der Waals surface area contributed by atoms with Crippen LogP contribution in [-0.4, -0.2) is 28.3 Å². The Kier molecular flexibility index (Phi) is 3.69. The van der Waals surface area contributed by atoms with Crippen LogP contribution in [0.15, 0.2) is 12.1 Å². The van der Waals surface area contributed by atoms with Gasteiger partial charge in [0.25, 0.3) is 5.95 Å². The molecule has 1 aromatic rings. The van der Waals surface area contributed by atoms with E-state index in [1.165, 1.54) is 0 Å². The third-order valence-electron chi connectivity index (χ3n) is 2.82. The molecule has 1 aromatic heterocycles. The van der Waals surface area contributed by atoms with Gasteiger partial charge in [-0.2, -0.15) is 17.6 Å². The average Bonchev–Trinajstić information content (AvgIpc) is 2.26. The van der Waals surface area contributed by atoms with Crippen molar-refractivity contribution in [1.29, 1.82) is 0 Å². The molecule has 2 N–H and O–H groups in total. The second kappa shape index (κ2) is 5.14. The Labute approximate surface area is 110 Å². The quantitative estimate of drug-likeness (QED) is 0.663. The number of carboxylic acid groups (broad SMARTS) is 1. The Morgan fingerprint density at radius 3 is 2.55 bits per heavy atom. The van der Waals surface area contributed by atoms with Crippen LogP contribution in [0.4, 0.5) is 22.4 Å². The summed E-state index contributed by atoms with van der Waals surface area (Å²) in [6.45, 7) is 0. The lowest BCUT2D eigenvalue weighted by atomic mass is 9.89. The van der Waals surface area contributed by atoms with E-state index in [2.05, 4.69) is 10.3 Å². The highest BCUT2D eigenvalue weighted by Gasteiger charge is 2.35. The standard InChI is InChI=1S/C11H10F4N2O3/c12-9-7(1-2-8(17-9)11(13,14)15)20-6-3-5(4-6)16-10(18)19/h1-2,5-6,16H,3-4H2,(H,18,19)/t5-,6-. The van der Waals surface area contributed by atoms with Crippen molar-refractivity contribution < 1.29 is 32.2 Å². The molecular weight excluding hydrogens is 284 g/mol. The van der Waals surface area contributed by atoms with Crippen LogP contribution < -0.4 is 10.1 Å². The zero-order chi connectivity index (χ0) is 14.9. The molecule has 1 amide bonds. The Balaban J connectivity index is 1.94. The summed E-state index contributed by atoms with van der Waals surface area (Å²) in [5.41, 5.74) is -1.33. The normalized spacial score (nSPS) is 22.0. The van der Waals surface area contributed by atoms with Crippen molar-refractivity contribution in [2.75, 3.05) is 0 Å². The van der Waals surface area contributed by atoms with E-state index in [0.717, 1.165) is 6.07 Å². The van der Waals surface area contributed by atoms with E-state index >= 15 is 0 Å². The summed E-state index contributed by atoms with van der Waals surface area (Å²) < 4.78 is 55.3. The molecule has 0 radical (unpaired) electrons. The topological polar surface area (TPSA) is 71.5 Å². The van der Waals surface area contributed by atoms with Crippen molar-refractivity contribution in [3.63, 3.8) is 0 Å². The molecule has 1 aliphatic rings. The van der Waals surface area contributed by atoms with E-state index in [-0.39, 0.29) is 11.8 Å². The maximum Gasteiger partial charge on any atom is 0.433 e. The van der Waals surface area contributed by atoms with Crippen LogP contribution >= 0.6 is 0 Å². The second-order valence-corrected chi connectivity index (χ2v) is 4.34. The number of aromatic nitrogens is 1. The van der Waals surface area contributed by atoms with Crippen molar-refractivity contribution in [2.24, 2.45) is 0 Å². The number of amides is 1. The van der Waals surface area contributed by atoms with E-state index in [0.29, 0.717) is 18.9 Å². The molecule has 0 bridgehead atoms. The van der Waals surface area contributed by atoms with E-state index < -0.39 is 30.0 Å². The molecule has 5 nitrogen and oxygen atoms in total. The molecular formula is C11H10F4N2O3. The minimum absolute atomic E-state index is 0.289. The third-order valence-corrected chi connectivity index (χ3v) is 2.82. The van der Waals surface area contributed by atoms with E-state index in [1.807, 2.05) is 0 Å². The summed E-state index contributed by atoms with van der Waals surface area (Å²) in [7, 11) is 0. The molecule has 0 saturated heterocycles. The maximum absolute atomic E-state index is 13.4. The summed E-state index contributed by atoms with van der Waals surface area (Å²) in [5.74, 6) is -1.72. The molecule has 0 unspecified atom stereocenters. The maximum atomic E-state index is 13.4. The largest absolute Gasteiger partial charge is 0.485 e. The first-order valence-electron chi connectivity index (χ1n) is 5.65. The summed E-state index contributed by atoms with van der Waals surface area (Å²) in [6.07, 6.45) is -5.68. The van der Waals surface area contributed by atoms with Gasteiger partial charge in [-0.15, -0.1) is 0 Å². The summed E-state index contributed by atoms with van der Waals surface area (Å²) >= 11 is 0. The number of carbonyl (C=O) groups is 1. The molecule has 110 valence electrons.